The van der Waals surface area contributed by atoms with Gasteiger partial charge in [-0.25, -0.2) is 9.97 Å². The first kappa shape index (κ1) is 24.2. The molecule has 0 spiro atoms. The predicted octanol–water partition coefficient (Wildman–Crippen LogP) is 2.65. The SMILES string of the molecule is CC(=O)N[C@@H]1C[C@H](N(C)C)CC[C@@H]1N1CC[C@H](Nc2ncnc3ccc(C(F)(F)F)cc23)C1=O. The zero-order chi connectivity index (χ0) is 24.6. The van der Waals surface area contributed by atoms with Crippen molar-refractivity contribution in [1.29, 1.82) is 0 Å². The van der Waals surface area contributed by atoms with Crippen LogP contribution in [0.15, 0.2) is 24.5 Å². The van der Waals surface area contributed by atoms with Gasteiger partial charge < -0.3 is 20.4 Å². The molecule has 1 saturated carbocycles. The molecule has 1 aliphatic carbocycles. The van der Waals surface area contributed by atoms with Crippen molar-refractivity contribution >= 4 is 28.5 Å². The lowest BCUT2D eigenvalue weighted by Crippen LogP contribution is -2.57. The highest BCUT2D eigenvalue weighted by molar-refractivity contribution is 5.93. The Morgan fingerprint density at radius 3 is 2.62 bits per heavy atom. The van der Waals surface area contributed by atoms with E-state index >= 15 is 0 Å². The predicted molar refractivity (Wildman–Crippen MR) is 121 cm³/mol. The van der Waals surface area contributed by atoms with E-state index in [1.54, 1.807) is 4.90 Å². The molecule has 2 aliphatic rings. The average Bonchev–Trinajstić information content (AvgIpc) is 3.12. The van der Waals surface area contributed by atoms with Gasteiger partial charge >= 0.3 is 6.18 Å². The maximum absolute atomic E-state index is 13.3. The first-order chi connectivity index (χ1) is 16.0. The smallest absolute Gasteiger partial charge is 0.358 e. The van der Waals surface area contributed by atoms with Crippen molar-refractivity contribution in [3.05, 3.63) is 30.1 Å². The molecule has 184 valence electrons. The molecular weight excluding hydrogens is 449 g/mol. The highest BCUT2D eigenvalue weighted by Crippen LogP contribution is 2.34. The van der Waals surface area contributed by atoms with Gasteiger partial charge in [0.2, 0.25) is 11.8 Å². The van der Waals surface area contributed by atoms with Crippen molar-refractivity contribution in [1.82, 2.24) is 25.1 Å². The lowest BCUT2D eigenvalue weighted by atomic mass is 9.85. The summed E-state index contributed by atoms with van der Waals surface area (Å²) in [6, 6.07) is 2.70. The third-order valence-electron chi connectivity index (χ3n) is 6.82. The largest absolute Gasteiger partial charge is 0.416 e. The average molecular weight is 479 g/mol. The van der Waals surface area contributed by atoms with Crippen molar-refractivity contribution in [3.63, 3.8) is 0 Å². The van der Waals surface area contributed by atoms with E-state index in [2.05, 4.69) is 25.5 Å². The molecule has 1 aliphatic heterocycles. The lowest BCUT2D eigenvalue weighted by Gasteiger charge is -2.43. The molecule has 2 N–H and O–H groups in total. The molecule has 2 aromatic rings. The molecule has 8 nitrogen and oxygen atoms in total. The molecule has 1 aromatic heterocycles. The second kappa shape index (κ2) is 9.36. The zero-order valence-electron chi connectivity index (χ0n) is 19.4. The third-order valence-corrected chi connectivity index (χ3v) is 6.82. The summed E-state index contributed by atoms with van der Waals surface area (Å²) >= 11 is 0. The van der Waals surface area contributed by atoms with E-state index in [4.69, 9.17) is 0 Å². The van der Waals surface area contributed by atoms with Crippen LogP contribution >= 0.6 is 0 Å². The van der Waals surface area contributed by atoms with Crippen molar-refractivity contribution in [2.75, 3.05) is 26.0 Å². The molecule has 2 fully saturated rings. The van der Waals surface area contributed by atoms with E-state index in [-0.39, 0.29) is 35.1 Å². The van der Waals surface area contributed by atoms with E-state index in [0.29, 0.717) is 24.5 Å². The number of carbonyl (C=O) groups excluding carboxylic acids is 2. The molecule has 4 atom stereocenters. The minimum atomic E-state index is -4.49. The topological polar surface area (TPSA) is 90.5 Å². The summed E-state index contributed by atoms with van der Waals surface area (Å²) < 4.78 is 39.7. The number of likely N-dealkylation sites (tertiary alicyclic amines) is 1. The molecule has 2 amide bonds. The van der Waals surface area contributed by atoms with Crippen LogP contribution in [0.25, 0.3) is 10.9 Å². The van der Waals surface area contributed by atoms with E-state index in [0.717, 1.165) is 31.4 Å². The molecule has 0 unspecified atom stereocenters. The Morgan fingerprint density at radius 2 is 1.94 bits per heavy atom. The summed E-state index contributed by atoms with van der Waals surface area (Å²) in [5, 5.41) is 6.29. The number of hydrogen-bond donors (Lipinski definition) is 2. The maximum Gasteiger partial charge on any atom is 0.416 e. The van der Waals surface area contributed by atoms with Gasteiger partial charge in [0, 0.05) is 24.9 Å². The van der Waals surface area contributed by atoms with Gasteiger partial charge in [0.25, 0.3) is 0 Å². The van der Waals surface area contributed by atoms with Gasteiger partial charge in [-0.2, -0.15) is 13.2 Å². The molecule has 0 radical (unpaired) electrons. The van der Waals surface area contributed by atoms with Gasteiger partial charge in [-0.05, 0) is 58.0 Å². The first-order valence-electron chi connectivity index (χ1n) is 11.4. The van der Waals surface area contributed by atoms with E-state index in [1.807, 2.05) is 14.1 Å². The maximum atomic E-state index is 13.3. The Kier molecular flexibility index (Phi) is 6.66. The molecule has 1 aromatic carbocycles. The van der Waals surface area contributed by atoms with Crippen LogP contribution in [0.4, 0.5) is 19.0 Å². The van der Waals surface area contributed by atoms with Gasteiger partial charge in [0.15, 0.2) is 0 Å². The summed E-state index contributed by atoms with van der Waals surface area (Å²) in [6.45, 7) is 1.97. The fourth-order valence-corrected chi connectivity index (χ4v) is 5.07. The van der Waals surface area contributed by atoms with Crippen molar-refractivity contribution in [3.8, 4) is 0 Å². The Balaban J connectivity index is 1.53. The summed E-state index contributed by atoms with van der Waals surface area (Å²) in [5.41, 5.74) is -0.437. The number of halogens is 3. The molecule has 11 heteroatoms. The number of nitrogens with one attached hydrogen (secondary N) is 2. The molecule has 1 saturated heterocycles. The zero-order valence-corrected chi connectivity index (χ0v) is 19.4. The van der Waals surface area contributed by atoms with Crippen molar-refractivity contribution < 1.29 is 22.8 Å². The van der Waals surface area contributed by atoms with Crippen LogP contribution in [-0.4, -0.2) is 76.4 Å². The number of carbonyl (C=O) groups is 2. The fraction of sp³-hybridized carbons (Fsp3) is 0.565. The number of nitrogens with zero attached hydrogens (tertiary/aromatic N) is 4. The van der Waals surface area contributed by atoms with Gasteiger partial charge in [0.1, 0.15) is 18.2 Å². The van der Waals surface area contributed by atoms with Gasteiger partial charge in [-0.3, -0.25) is 9.59 Å². The van der Waals surface area contributed by atoms with Gasteiger partial charge in [-0.15, -0.1) is 0 Å². The van der Waals surface area contributed by atoms with Crippen LogP contribution in [0.3, 0.4) is 0 Å². The Labute approximate surface area is 195 Å². The highest BCUT2D eigenvalue weighted by Gasteiger charge is 2.42. The summed E-state index contributed by atoms with van der Waals surface area (Å²) in [7, 11) is 4.01. The summed E-state index contributed by atoms with van der Waals surface area (Å²) in [6.07, 6.45) is -0.320. The standard InChI is InChI=1S/C23H29F3N6O2/c1-13(33)29-19-11-15(31(2)3)5-7-20(19)32-9-8-18(22(32)34)30-21-16-10-14(23(24,25)26)4-6-17(16)27-12-28-21/h4,6,10,12,15,18-20H,5,7-9,11H2,1-3H3,(H,29,33)(H,27,28,30)/t15-,18+,19-,20+/m1/s1. The minimum Gasteiger partial charge on any atom is -0.358 e. The van der Waals surface area contributed by atoms with Crippen LogP contribution in [-0.2, 0) is 15.8 Å². The summed E-state index contributed by atoms with van der Waals surface area (Å²) in [4.78, 5) is 37.3. The van der Waals surface area contributed by atoms with Crippen LogP contribution in [0.1, 0.15) is 38.2 Å². The van der Waals surface area contributed by atoms with Gasteiger partial charge in [-0.1, -0.05) is 0 Å². The number of hydrogen-bond acceptors (Lipinski definition) is 6. The van der Waals surface area contributed by atoms with Crippen LogP contribution < -0.4 is 10.6 Å². The first-order valence-corrected chi connectivity index (χ1v) is 11.4. The highest BCUT2D eigenvalue weighted by atomic mass is 19.4. The number of aromatic nitrogens is 2. The molecular formula is C23H29F3N6O2. The normalized spacial score (nSPS) is 25.7. The number of alkyl halides is 3. The molecule has 2 heterocycles. The second-order valence-corrected chi connectivity index (χ2v) is 9.27. The van der Waals surface area contributed by atoms with Crippen LogP contribution in [0, 0.1) is 0 Å². The number of benzene rings is 1. The number of rotatable bonds is 5. The number of anilines is 1. The second-order valence-electron chi connectivity index (χ2n) is 9.27. The number of fused-ring (bicyclic) bond motifs is 1. The fourth-order valence-electron chi connectivity index (χ4n) is 5.07. The third kappa shape index (κ3) is 4.94. The van der Waals surface area contributed by atoms with Crippen LogP contribution in [0.2, 0.25) is 0 Å². The quantitative estimate of drug-likeness (QED) is 0.687. The summed E-state index contributed by atoms with van der Waals surface area (Å²) in [5.74, 6) is -0.0722. The van der Waals surface area contributed by atoms with Gasteiger partial charge in [0.05, 0.1) is 23.2 Å². The van der Waals surface area contributed by atoms with E-state index in [9.17, 15) is 22.8 Å². The van der Waals surface area contributed by atoms with Crippen LogP contribution in [0.5, 0.6) is 0 Å². The Bertz CT molecular complexity index is 1080. The monoisotopic (exact) mass is 478 g/mol. The Morgan fingerprint density at radius 1 is 1.18 bits per heavy atom. The van der Waals surface area contributed by atoms with E-state index in [1.165, 1.54) is 19.3 Å². The van der Waals surface area contributed by atoms with Crippen molar-refractivity contribution in [2.24, 2.45) is 0 Å². The molecule has 4 rings (SSSR count). The van der Waals surface area contributed by atoms with E-state index < -0.39 is 17.8 Å². The molecule has 0 bridgehead atoms. The number of amides is 2. The molecule has 34 heavy (non-hydrogen) atoms. The van der Waals surface area contributed by atoms with Crippen molar-refractivity contribution in [2.45, 2.75) is 63.0 Å². The Hall–Kier alpha value is -2.95. The minimum absolute atomic E-state index is 0.127. The lowest BCUT2D eigenvalue weighted by molar-refractivity contribution is -0.137.